The number of nitrogens with zero attached hydrogens (tertiary/aromatic N) is 1. The predicted molar refractivity (Wildman–Crippen MR) is 67.4 cm³/mol. The number of Topliss-reactive ketones (excluding diaryl/α,β-unsaturated/α-hetero) is 1. The van der Waals surface area contributed by atoms with Crippen molar-refractivity contribution >= 4 is 17.1 Å². The zero-order chi connectivity index (χ0) is 11.8. The Morgan fingerprint density at radius 3 is 2.71 bits per heavy atom. The molecule has 2 atom stereocenters. The summed E-state index contributed by atoms with van der Waals surface area (Å²) < 4.78 is 0. The van der Waals surface area contributed by atoms with Crippen molar-refractivity contribution in [2.45, 2.75) is 43.9 Å². The minimum absolute atomic E-state index is 0.152. The SMILES string of the molecule is O=C(CN1C2CCC1CC(O)C2)c1cccs1. The second-order valence-corrected chi connectivity index (χ2v) is 6.03. The normalized spacial score (nSPS) is 32.9. The smallest absolute Gasteiger partial charge is 0.186 e. The molecule has 0 aliphatic carbocycles. The van der Waals surface area contributed by atoms with Gasteiger partial charge in [0.1, 0.15) is 0 Å². The average molecular weight is 251 g/mol. The number of aliphatic hydroxyl groups is 1. The van der Waals surface area contributed by atoms with Gasteiger partial charge in [0.2, 0.25) is 0 Å². The van der Waals surface area contributed by atoms with Crippen molar-refractivity contribution in [1.82, 2.24) is 4.90 Å². The summed E-state index contributed by atoms with van der Waals surface area (Å²) in [5.41, 5.74) is 0. The Hall–Kier alpha value is -0.710. The van der Waals surface area contributed by atoms with Gasteiger partial charge in [-0.15, -0.1) is 11.3 Å². The molecule has 0 radical (unpaired) electrons. The van der Waals surface area contributed by atoms with Crippen LogP contribution in [0.5, 0.6) is 0 Å². The van der Waals surface area contributed by atoms with E-state index in [1.807, 2.05) is 17.5 Å². The molecule has 0 spiro atoms. The lowest BCUT2D eigenvalue weighted by Gasteiger charge is -2.36. The topological polar surface area (TPSA) is 40.5 Å². The van der Waals surface area contributed by atoms with Gasteiger partial charge in [-0.1, -0.05) is 6.07 Å². The third kappa shape index (κ3) is 2.17. The lowest BCUT2D eigenvalue weighted by Crippen LogP contribution is -2.46. The van der Waals surface area contributed by atoms with Crippen molar-refractivity contribution < 1.29 is 9.90 Å². The zero-order valence-corrected chi connectivity index (χ0v) is 10.5. The van der Waals surface area contributed by atoms with Gasteiger partial charge in [0.25, 0.3) is 0 Å². The van der Waals surface area contributed by atoms with Gasteiger partial charge >= 0.3 is 0 Å². The number of hydrogen-bond acceptors (Lipinski definition) is 4. The summed E-state index contributed by atoms with van der Waals surface area (Å²) >= 11 is 1.52. The molecule has 1 aromatic rings. The number of piperidine rings is 1. The van der Waals surface area contributed by atoms with Crippen LogP contribution in [0.15, 0.2) is 17.5 Å². The van der Waals surface area contributed by atoms with Crippen LogP contribution in [0.4, 0.5) is 0 Å². The van der Waals surface area contributed by atoms with Crippen molar-refractivity contribution in [1.29, 1.82) is 0 Å². The molecule has 0 aromatic carbocycles. The van der Waals surface area contributed by atoms with E-state index in [1.54, 1.807) is 0 Å². The number of thiophene rings is 1. The second kappa shape index (κ2) is 4.52. The molecule has 92 valence electrons. The van der Waals surface area contributed by atoms with Crippen LogP contribution in [-0.2, 0) is 0 Å². The molecule has 3 rings (SSSR count). The molecule has 0 saturated carbocycles. The maximum absolute atomic E-state index is 12.1. The number of rotatable bonds is 3. The van der Waals surface area contributed by atoms with Crippen molar-refractivity contribution in [3.63, 3.8) is 0 Å². The second-order valence-electron chi connectivity index (χ2n) is 5.08. The summed E-state index contributed by atoms with van der Waals surface area (Å²) in [4.78, 5) is 15.3. The maximum atomic E-state index is 12.1. The number of ketones is 1. The molecule has 1 N–H and O–H groups in total. The molecule has 2 fully saturated rings. The minimum atomic E-state index is -0.152. The van der Waals surface area contributed by atoms with Gasteiger partial charge in [-0.2, -0.15) is 0 Å². The largest absolute Gasteiger partial charge is 0.393 e. The number of aliphatic hydroxyl groups excluding tert-OH is 1. The molecule has 3 heterocycles. The lowest BCUT2D eigenvalue weighted by molar-refractivity contribution is 0.0345. The van der Waals surface area contributed by atoms with E-state index in [0.29, 0.717) is 18.6 Å². The third-order valence-corrected chi connectivity index (χ3v) is 4.89. The Labute approximate surface area is 105 Å². The van der Waals surface area contributed by atoms with Crippen molar-refractivity contribution in [3.8, 4) is 0 Å². The van der Waals surface area contributed by atoms with Gasteiger partial charge in [0.05, 0.1) is 17.5 Å². The number of carbonyl (C=O) groups is 1. The fourth-order valence-corrected chi connectivity index (χ4v) is 3.84. The van der Waals surface area contributed by atoms with Gasteiger partial charge in [-0.3, -0.25) is 9.69 Å². The maximum Gasteiger partial charge on any atom is 0.186 e. The summed E-state index contributed by atoms with van der Waals surface area (Å²) in [6.45, 7) is 0.530. The first-order valence-electron chi connectivity index (χ1n) is 6.24. The van der Waals surface area contributed by atoms with Crippen LogP contribution in [0.2, 0.25) is 0 Å². The summed E-state index contributed by atoms with van der Waals surface area (Å²) in [6.07, 6.45) is 3.81. The molecule has 2 aliphatic rings. The Bertz CT molecular complexity index is 390. The quantitative estimate of drug-likeness (QED) is 0.834. The number of fused-ring (bicyclic) bond motifs is 2. The average Bonchev–Trinajstić information content (AvgIpc) is 2.88. The Kier molecular flexibility index (Phi) is 3.03. The van der Waals surface area contributed by atoms with Crippen molar-refractivity contribution in [2.75, 3.05) is 6.54 Å². The van der Waals surface area contributed by atoms with E-state index in [4.69, 9.17) is 0 Å². The molecule has 1 aromatic heterocycles. The van der Waals surface area contributed by atoms with Crippen LogP contribution in [0.1, 0.15) is 35.4 Å². The molecule has 17 heavy (non-hydrogen) atoms. The highest BCUT2D eigenvalue weighted by Crippen LogP contribution is 2.35. The molecule has 0 amide bonds. The Morgan fingerprint density at radius 1 is 1.41 bits per heavy atom. The monoisotopic (exact) mass is 251 g/mol. The van der Waals surface area contributed by atoms with E-state index in [9.17, 15) is 9.90 Å². The molecule has 2 bridgehead atoms. The van der Waals surface area contributed by atoms with Crippen LogP contribution in [0, 0.1) is 0 Å². The van der Waals surface area contributed by atoms with E-state index in [1.165, 1.54) is 11.3 Å². The van der Waals surface area contributed by atoms with Crippen LogP contribution in [0.25, 0.3) is 0 Å². The predicted octanol–water partition coefficient (Wildman–Crippen LogP) is 1.92. The number of hydrogen-bond donors (Lipinski definition) is 1. The van der Waals surface area contributed by atoms with Crippen LogP contribution in [-0.4, -0.2) is 40.5 Å². The van der Waals surface area contributed by atoms with Crippen molar-refractivity contribution in [3.05, 3.63) is 22.4 Å². The fourth-order valence-electron chi connectivity index (χ4n) is 3.18. The molecule has 2 aliphatic heterocycles. The van der Waals surface area contributed by atoms with E-state index in [0.717, 1.165) is 30.6 Å². The molecule has 2 unspecified atom stereocenters. The first-order valence-corrected chi connectivity index (χ1v) is 7.12. The van der Waals surface area contributed by atoms with Crippen LogP contribution < -0.4 is 0 Å². The van der Waals surface area contributed by atoms with E-state index < -0.39 is 0 Å². The third-order valence-electron chi connectivity index (χ3n) is 3.98. The van der Waals surface area contributed by atoms with Gasteiger partial charge in [0, 0.05) is 12.1 Å². The highest BCUT2D eigenvalue weighted by Gasteiger charge is 2.40. The van der Waals surface area contributed by atoms with E-state index >= 15 is 0 Å². The van der Waals surface area contributed by atoms with Gasteiger partial charge in [-0.05, 0) is 37.1 Å². The van der Waals surface area contributed by atoms with Gasteiger partial charge in [0.15, 0.2) is 5.78 Å². The lowest BCUT2D eigenvalue weighted by atomic mass is 9.99. The molecule has 4 heteroatoms. The zero-order valence-electron chi connectivity index (χ0n) is 9.71. The summed E-state index contributed by atoms with van der Waals surface area (Å²) in [5.74, 6) is 0.230. The first kappa shape index (κ1) is 11.4. The summed E-state index contributed by atoms with van der Waals surface area (Å²) in [5, 5.41) is 11.7. The van der Waals surface area contributed by atoms with Gasteiger partial charge in [-0.25, -0.2) is 0 Å². The highest BCUT2D eigenvalue weighted by molar-refractivity contribution is 7.12. The first-order chi connectivity index (χ1) is 8.24. The number of carbonyl (C=O) groups excluding carboxylic acids is 1. The molecule has 2 saturated heterocycles. The Balaban J connectivity index is 1.68. The van der Waals surface area contributed by atoms with Gasteiger partial charge < -0.3 is 5.11 Å². The highest BCUT2D eigenvalue weighted by atomic mass is 32.1. The van der Waals surface area contributed by atoms with E-state index in [-0.39, 0.29) is 11.9 Å². The molecule has 3 nitrogen and oxygen atoms in total. The fraction of sp³-hybridized carbons (Fsp3) is 0.615. The van der Waals surface area contributed by atoms with Crippen LogP contribution in [0.3, 0.4) is 0 Å². The summed E-state index contributed by atoms with van der Waals surface area (Å²) in [6, 6.07) is 4.67. The summed E-state index contributed by atoms with van der Waals surface area (Å²) in [7, 11) is 0. The molecular weight excluding hydrogens is 234 g/mol. The van der Waals surface area contributed by atoms with Crippen LogP contribution >= 0.6 is 11.3 Å². The van der Waals surface area contributed by atoms with E-state index in [2.05, 4.69) is 4.90 Å². The Morgan fingerprint density at radius 2 is 2.12 bits per heavy atom. The van der Waals surface area contributed by atoms with Crippen molar-refractivity contribution in [2.24, 2.45) is 0 Å². The molecular formula is C13H17NO2S. The minimum Gasteiger partial charge on any atom is -0.393 e. The standard InChI is InChI=1S/C13H17NO2S/c15-11-6-9-3-4-10(7-11)14(9)8-12(16)13-2-1-5-17-13/h1-2,5,9-11,15H,3-4,6-8H2.